The number of benzene rings is 1. The third-order valence-electron chi connectivity index (χ3n) is 3.11. The van der Waals surface area contributed by atoms with E-state index in [1.54, 1.807) is 0 Å². The lowest BCUT2D eigenvalue weighted by Gasteiger charge is -2.13. The summed E-state index contributed by atoms with van der Waals surface area (Å²) in [6.07, 6.45) is 0. The molecule has 0 fully saturated rings. The minimum Gasteiger partial charge on any atom is -0.309 e. The van der Waals surface area contributed by atoms with Crippen LogP contribution in [0.4, 0.5) is 0 Å². The molecule has 2 rings (SSSR count). The van der Waals surface area contributed by atoms with Crippen LogP contribution in [0.3, 0.4) is 0 Å². The van der Waals surface area contributed by atoms with Gasteiger partial charge in [0.2, 0.25) is 0 Å². The van der Waals surface area contributed by atoms with Crippen LogP contribution in [0.5, 0.6) is 0 Å². The van der Waals surface area contributed by atoms with Crippen LogP contribution < -0.4 is 5.32 Å². The fourth-order valence-corrected chi connectivity index (χ4v) is 4.53. The van der Waals surface area contributed by atoms with E-state index in [4.69, 9.17) is 0 Å². The number of nitrogens with one attached hydrogen (secondary N) is 1. The summed E-state index contributed by atoms with van der Waals surface area (Å²) in [4.78, 5) is 0.554. The lowest BCUT2D eigenvalue weighted by atomic mass is 10.00. The molecule has 1 aromatic carbocycles. The first-order valence-corrected chi connectivity index (χ1v) is 7.19. The first kappa shape index (κ1) is 11.6. The average Bonchev–Trinajstić information content (AvgIpc) is 2.46. The van der Waals surface area contributed by atoms with Crippen LogP contribution >= 0.6 is 0 Å². The summed E-state index contributed by atoms with van der Waals surface area (Å²) in [5, 5.41) is 3.25. The average molecular weight is 239 g/mol. The van der Waals surface area contributed by atoms with E-state index in [2.05, 4.69) is 5.32 Å². The Hall–Kier alpha value is -0.870. The van der Waals surface area contributed by atoms with E-state index in [1.807, 2.05) is 32.9 Å². The molecule has 16 heavy (non-hydrogen) atoms. The van der Waals surface area contributed by atoms with Gasteiger partial charge in [0.15, 0.2) is 9.84 Å². The Kier molecular flexibility index (Phi) is 2.80. The van der Waals surface area contributed by atoms with Crippen molar-refractivity contribution >= 4 is 9.84 Å². The van der Waals surface area contributed by atoms with Crippen LogP contribution in [-0.2, 0) is 9.84 Å². The second-order valence-electron chi connectivity index (χ2n) is 4.33. The highest BCUT2D eigenvalue weighted by Gasteiger charge is 2.36. The van der Waals surface area contributed by atoms with E-state index in [0.29, 0.717) is 4.90 Å². The number of fused-ring (bicyclic) bond motifs is 1. The Morgan fingerprint density at radius 3 is 2.56 bits per heavy atom. The van der Waals surface area contributed by atoms with Crippen LogP contribution in [0.1, 0.15) is 29.7 Å². The van der Waals surface area contributed by atoms with Gasteiger partial charge in [-0.25, -0.2) is 8.42 Å². The predicted octanol–water partition coefficient (Wildman–Crippen LogP) is 1.74. The Morgan fingerprint density at radius 1 is 1.31 bits per heavy atom. The maximum absolute atomic E-state index is 12.1. The van der Waals surface area contributed by atoms with Gasteiger partial charge in [-0.15, -0.1) is 0 Å². The molecule has 1 aliphatic rings. The highest BCUT2D eigenvalue weighted by Crippen LogP contribution is 2.37. The largest absolute Gasteiger partial charge is 0.309 e. The number of hydrogen-bond acceptors (Lipinski definition) is 3. The molecule has 3 nitrogen and oxygen atoms in total. The summed E-state index contributed by atoms with van der Waals surface area (Å²) in [6.45, 7) is 6.62. The number of aryl methyl sites for hydroxylation is 2. The molecule has 0 amide bonds. The van der Waals surface area contributed by atoms with E-state index in [9.17, 15) is 8.42 Å². The maximum Gasteiger partial charge on any atom is 0.180 e. The molecule has 4 heteroatoms. The molecule has 1 N–H and O–H groups in total. The van der Waals surface area contributed by atoms with E-state index < -0.39 is 9.84 Å². The quantitative estimate of drug-likeness (QED) is 0.855. The third kappa shape index (κ3) is 1.66. The standard InChI is InChI=1S/C12H17NO2S/c1-4-13-10-7-16(14,15)12-9(3)6-5-8(2)11(10)12/h5-6,10,13H,4,7H2,1-3H3. The lowest BCUT2D eigenvalue weighted by molar-refractivity contribution is 0.578. The van der Waals surface area contributed by atoms with Gasteiger partial charge in [0.05, 0.1) is 10.6 Å². The van der Waals surface area contributed by atoms with Gasteiger partial charge in [0, 0.05) is 6.04 Å². The smallest absolute Gasteiger partial charge is 0.180 e. The molecule has 1 aliphatic heterocycles. The van der Waals surface area contributed by atoms with E-state index in [-0.39, 0.29) is 11.8 Å². The fourth-order valence-electron chi connectivity index (χ4n) is 2.45. The first-order valence-electron chi connectivity index (χ1n) is 5.53. The van der Waals surface area contributed by atoms with Crippen molar-refractivity contribution in [3.63, 3.8) is 0 Å². The highest BCUT2D eigenvalue weighted by molar-refractivity contribution is 7.91. The molecule has 1 heterocycles. The van der Waals surface area contributed by atoms with Crippen molar-refractivity contribution in [1.82, 2.24) is 5.32 Å². The van der Waals surface area contributed by atoms with Crippen molar-refractivity contribution in [3.05, 3.63) is 28.8 Å². The van der Waals surface area contributed by atoms with Crippen molar-refractivity contribution in [2.75, 3.05) is 12.3 Å². The molecule has 1 unspecified atom stereocenters. The van der Waals surface area contributed by atoms with Crippen molar-refractivity contribution in [2.24, 2.45) is 0 Å². The number of hydrogen-bond donors (Lipinski definition) is 1. The normalized spacial score (nSPS) is 22.1. The molecule has 0 aliphatic carbocycles. The van der Waals surface area contributed by atoms with Crippen molar-refractivity contribution < 1.29 is 8.42 Å². The molecule has 0 bridgehead atoms. The summed E-state index contributed by atoms with van der Waals surface area (Å²) < 4.78 is 24.1. The molecule has 0 spiro atoms. The maximum atomic E-state index is 12.1. The summed E-state index contributed by atoms with van der Waals surface area (Å²) in [5.41, 5.74) is 2.90. The van der Waals surface area contributed by atoms with Crippen molar-refractivity contribution in [1.29, 1.82) is 0 Å². The SMILES string of the molecule is CCNC1CS(=O)(=O)c2c(C)ccc(C)c21. The van der Waals surface area contributed by atoms with Crippen molar-refractivity contribution in [2.45, 2.75) is 31.7 Å². The number of sulfone groups is 1. The molecule has 88 valence electrons. The molecule has 0 saturated carbocycles. The lowest BCUT2D eigenvalue weighted by Crippen LogP contribution is -2.22. The Balaban J connectivity index is 2.67. The predicted molar refractivity (Wildman–Crippen MR) is 64.4 cm³/mol. The zero-order valence-corrected chi connectivity index (χ0v) is 10.7. The molecule has 0 radical (unpaired) electrons. The summed E-state index contributed by atoms with van der Waals surface area (Å²) in [6, 6.07) is 3.85. The minimum absolute atomic E-state index is 0.0371. The van der Waals surface area contributed by atoms with E-state index >= 15 is 0 Å². The fraction of sp³-hybridized carbons (Fsp3) is 0.500. The highest BCUT2D eigenvalue weighted by atomic mass is 32.2. The zero-order valence-electron chi connectivity index (χ0n) is 9.87. The van der Waals surface area contributed by atoms with Gasteiger partial charge in [-0.3, -0.25) is 0 Å². The van der Waals surface area contributed by atoms with Gasteiger partial charge < -0.3 is 5.32 Å². The van der Waals surface area contributed by atoms with E-state index in [1.165, 1.54) is 0 Å². The monoisotopic (exact) mass is 239 g/mol. The Morgan fingerprint density at radius 2 is 1.94 bits per heavy atom. The van der Waals surface area contributed by atoms with Gasteiger partial charge in [-0.1, -0.05) is 19.1 Å². The van der Waals surface area contributed by atoms with Gasteiger partial charge in [-0.2, -0.15) is 0 Å². The molecule has 1 aromatic rings. The third-order valence-corrected chi connectivity index (χ3v) is 5.04. The zero-order chi connectivity index (χ0) is 11.9. The molecule has 0 saturated heterocycles. The second kappa shape index (κ2) is 3.86. The van der Waals surface area contributed by atoms with Crippen LogP contribution in [0.2, 0.25) is 0 Å². The molecular formula is C12H17NO2S. The number of rotatable bonds is 2. The minimum atomic E-state index is -3.09. The van der Waals surface area contributed by atoms with Crippen LogP contribution in [0.15, 0.2) is 17.0 Å². The van der Waals surface area contributed by atoms with Crippen molar-refractivity contribution in [3.8, 4) is 0 Å². The molecule has 1 atom stereocenters. The van der Waals surface area contributed by atoms with Crippen LogP contribution in [0.25, 0.3) is 0 Å². The van der Waals surface area contributed by atoms with Gasteiger partial charge >= 0.3 is 0 Å². The van der Waals surface area contributed by atoms with Crippen LogP contribution in [-0.4, -0.2) is 20.7 Å². The summed E-state index contributed by atoms with van der Waals surface area (Å²) in [5.74, 6) is 0.196. The first-order chi connectivity index (χ1) is 7.47. The summed E-state index contributed by atoms with van der Waals surface area (Å²) >= 11 is 0. The topological polar surface area (TPSA) is 46.2 Å². The molecular weight excluding hydrogens is 222 g/mol. The van der Waals surface area contributed by atoms with E-state index in [0.717, 1.165) is 23.2 Å². The summed E-state index contributed by atoms with van der Waals surface area (Å²) in [7, 11) is -3.09. The second-order valence-corrected chi connectivity index (χ2v) is 6.30. The van der Waals surface area contributed by atoms with Gasteiger partial charge in [0.25, 0.3) is 0 Å². The van der Waals surface area contributed by atoms with Gasteiger partial charge in [0.1, 0.15) is 0 Å². The van der Waals surface area contributed by atoms with Gasteiger partial charge in [-0.05, 0) is 37.1 Å². The Bertz CT molecular complexity index is 520. The Labute approximate surface area is 96.8 Å². The molecule has 0 aromatic heterocycles. The van der Waals surface area contributed by atoms with Crippen LogP contribution in [0, 0.1) is 13.8 Å².